The van der Waals surface area contributed by atoms with Gasteiger partial charge in [0, 0.05) is 38.4 Å². The van der Waals surface area contributed by atoms with Crippen LogP contribution in [0.2, 0.25) is 0 Å². The Labute approximate surface area is 146 Å². The van der Waals surface area contributed by atoms with E-state index in [-0.39, 0.29) is 11.7 Å². The summed E-state index contributed by atoms with van der Waals surface area (Å²) in [4.78, 5) is 27.8. The maximum absolute atomic E-state index is 12.4. The number of aryl methyl sites for hydroxylation is 1. The molecule has 0 bridgehead atoms. The monoisotopic (exact) mass is 344 g/mol. The zero-order valence-electron chi connectivity index (χ0n) is 14.7. The molecule has 0 radical (unpaired) electrons. The number of benzene rings is 1. The van der Waals surface area contributed by atoms with Gasteiger partial charge in [-0.2, -0.15) is 5.10 Å². The van der Waals surface area contributed by atoms with Gasteiger partial charge in [-0.15, -0.1) is 0 Å². The minimum Gasteiger partial charge on any atom is -0.370 e. The Bertz CT molecular complexity index is 796. The van der Waals surface area contributed by atoms with E-state index in [2.05, 4.69) is 46.4 Å². The summed E-state index contributed by atoms with van der Waals surface area (Å²) in [6.45, 7) is 7.71. The van der Waals surface area contributed by atoms with Gasteiger partial charge in [0.1, 0.15) is 0 Å². The highest BCUT2D eigenvalue weighted by Gasteiger charge is 2.23. The first-order valence-electron chi connectivity index (χ1n) is 8.57. The van der Waals surface area contributed by atoms with Crippen LogP contribution in [0.1, 0.15) is 18.3 Å². The molecule has 0 aliphatic carbocycles. The molecule has 2 heterocycles. The molecule has 0 atom stereocenters. The molecule has 2 aromatic rings. The number of hydrogen-bond donors (Lipinski definition) is 2. The number of anilines is 1. The molecular formula is C17H24N6O2. The number of likely N-dealkylation sites (N-methyl/N-ethyl adjacent to an activating group) is 1. The summed E-state index contributed by atoms with van der Waals surface area (Å²) in [6, 6.07) is 8.12. The summed E-state index contributed by atoms with van der Waals surface area (Å²) < 4.78 is 1.57. The quantitative estimate of drug-likeness (QED) is 0.845. The Hall–Kier alpha value is -2.77. The highest BCUT2D eigenvalue weighted by molar-refractivity contribution is 5.74. The molecule has 0 saturated heterocycles. The largest absolute Gasteiger partial charge is 0.370 e. The Morgan fingerprint density at radius 2 is 2.16 bits per heavy atom. The number of hydrogen-bond acceptors (Lipinski definition) is 4. The van der Waals surface area contributed by atoms with E-state index in [4.69, 9.17) is 0 Å². The zero-order chi connectivity index (χ0) is 17.8. The zero-order valence-corrected chi connectivity index (χ0v) is 14.7. The maximum Gasteiger partial charge on any atom is 0.343 e. The molecule has 8 heteroatoms. The molecule has 0 saturated carbocycles. The lowest BCUT2D eigenvalue weighted by molar-refractivity contribution is 0.182. The number of nitrogens with one attached hydrogen (secondary N) is 2. The van der Waals surface area contributed by atoms with Crippen LogP contribution in [0.25, 0.3) is 0 Å². The van der Waals surface area contributed by atoms with Crippen molar-refractivity contribution in [2.75, 3.05) is 31.1 Å². The SMILES string of the molecule is CCN(CCNC(=O)N1CCn2c(n[nH]c2=O)C1)c1ccccc1C. The number of carbonyl (C=O) groups is 1. The molecule has 3 rings (SSSR count). The first-order valence-corrected chi connectivity index (χ1v) is 8.57. The number of aromatic amines is 1. The summed E-state index contributed by atoms with van der Waals surface area (Å²) in [7, 11) is 0. The van der Waals surface area contributed by atoms with Crippen molar-refractivity contribution in [3.05, 3.63) is 46.1 Å². The third kappa shape index (κ3) is 3.67. The fourth-order valence-corrected chi connectivity index (χ4v) is 3.12. The van der Waals surface area contributed by atoms with Crippen molar-refractivity contribution in [3.8, 4) is 0 Å². The molecule has 0 fully saturated rings. The Kier molecular flexibility index (Phi) is 5.06. The Balaban J connectivity index is 1.52. The van der Waals surface area contributed by atoms with Gasteiger partial charge in [-0.05, 0) is 25.5 Å². The number of fused-ring (bicyclic) bond motifs is 1. The van der Waals surface area contributed by atoms with Crippen LogP contribution in [0.4, 0.5) is 10.5 Å². The third-order valence-electron chi connectivity index (χ3n) is 4.55. The fourth-order valence-electron chi connectivity index (χ4n) is 3.12. The molecule has 1 aliphatic heterocycles. The van der Waals surface area contributed by atoms with Crippen molar-refractivity contribution in [1.29, 1.82) is 0 Å². The van der Waals surface area contributed by atoms with Crippen molar-refractivity contribution in [2.24, 2.45) is 0 Å². The van der Waals surface area contributed by atoms with Gasteiger partial charge in [0.15, 0.2) is 5.82 Å². The molecule has 1 aromatic heterocycles. The Morgan fingerprint density at radius 3 is 2.92 bits per heavy atom. The van der Waals surface area contributed by atoms with Gasteiger partial charge in [0.05, 0.1) is 6.54 Å². The van der Waals surface area contributed by atoms with E-state index in [0.29, 0.717) is 32.0 Å². The standard InChI is InChI=1S/C17H24N6O2/c1-3-21(14-7-5-4-6-13(14)2)9-8-18-16(24)22-10-11-23-15(12-22)19-20-17(23)25/h4-7H,3,8-12H2,1-2H3,(H,18,24)(H,20,25). The number of urea groups is 1. The first kappa shape index (κ1) is 17.1. The number of para-hydroxylation sites is 1. The molecule has 8 nitrogen and oxygen atoms in total. The summed E-state index contributed by atoms with van der Waals surface area (Å²) in [5, 5.41) is 9.34. The minimum absolute atomic E-state index is 0.123. The van der Waals surface area contributed by atoms with Crippen molar-refractivity contribution in [3.63, 3.8) is 0 Å². The number of carbonyl (C=O) groups excluding carboxylic acids is 1. The van der Waals surface area contributed by atoms with Crippen LogP contribution in [0, 0.1) is 6.92 Å². The second-order valence-corrected chi connectivity index (χ2v) is 6.12. The summed E-state index contributed by atoms with van der Waals surface area (Å²) >= 11 is 0. The number of aromatic nitrogens is 3. The second kappa shape index (κ2) is 7.42. The number of nitrogens with zero attached hydrogens (tertiary/aromatic N) is 4. The number of amides is 2. The highest BCUT2D eigenvalue weighted by Crippen LogP contribution is 2.18. The lowest BCUT2D eigenvalue weighted by atomic mass is 10.2. The summed E-state index contributed by atoms with van der Waals surface area (Å²) in [5.74, 6) is 0.599. The third-order valence-corrected chi connectivity index (χ3v) is 4.55. The summed E-state index contributed by atoms with van der Waals surface area (Å²) in [5.41, 5.74) is 2.20. The van der Waals surface area contributed by atoms with Crippen LogP contribution in [-0.2, 0) is 13.1 Å². The fraction of sp³-hybridized carbons (Fsp3) is 0.471. The van der Waals surface area contributed by atoms with Crippen LogP contribution in [0.5, 0.6) is 0 Å². The van der Waals surface area contributed by atoms with E-state index in [9.17, 15) is 9.59 Å². The lowest BCUT2D eigenvalue weighted by Gasteiger charge is -2.28. The van der Waals surface area contributed by atoms with Crippen molar-refractivity contribution in [2.45, 2.75) is 26.9 Å². The average molecular weight is 344 g/mol. The topological polar surface area (TPSA) is 86.3 Å². The Morgan fingerprint density at radius 1 is 1.36 bits per heavy atom. The van der Waals surface area contributed by atoms with Crippen LogP contribution in [-0.4, -0.2) is 51.9 Å². The number of rotatable bonds is 5. The van der Waals surface area contributed by atoms with E-state index in [1.165, 1.54) is 11.3 Å². The minimum atomic E-state index is -0.216. The number of H-pyrrole nitrogens is 1. The predicted octanol–water partition coefficient (Wildman–Crippen LogP) is 0.932. The average Bonchev–Trinajstić information content (AvgIpc) is 3.00. The highest BCUT2D eigenvalue weighted by atomic mass is 16.2. The van der Waals surface area contributed by atoms with Crippen molar-refractivity contribution in [1.82, 2.24) is 25.0 Å². The van der Waals surface area contributed by atoms with Gasteiger partial charge in [-0.3, -0.25) is 4.57 Å². The van der Waals surface area contributed by atoms with Gasteiger partial charge in [0.2, 0.25) is 0 Å². The van der Waals surface area contributed by atoms with Crippen molar-refractivity contribution >= 4 is 11.7 Å². The second-order valence-electron chi connectivity index (χ2n) is 6.12. The molecule has 2 N–H and O–H groups in total. The van der Waals surface area contributed by atoms with Gasteiger partial charge in [-0.1, -0.05) is 18.2 Å². The van der Waals surface area contributed by atoms with Crippen LogP contribution in [0.3, 0.4) is 0 Å². The van der Waals surface area contributed by atoms with Crippen LogP contribution >= 0.6 is 0 Å². The molecule has 134 valence electrons. The first-order chi connectivity index (χ1) is 12.1. The van der Waals surface area contributed by atoms with Crippen molar-refractivity contribution < 1.29 is 4.79 Å². The van der Waals surface area contributed by atoms with Crippen LogP contribution < -0.4 is 15.9 Å². The van der Waals surface area contributed by atoms with Gasteiger partial charge < -0.3 is 15.1 Å². The van der Waals surface area contributed by atoms with E-state index in [1.807, 2.05) is 12.1 Å². The molecule has 1 aliphatic rings. The van der Waals surface area contributed by atoms with Gasteiger partial charge in [0.25, 0.3) is 0 Å². The predicted molar refractivity (Wildman–Crippen MR) is 95.7 cm³/mol. The van der Waals surface area contributed by atoms with Gasteiger partial charge in [-0.25, -0.2) is 14.7 Å². The molecule has 1 aromatic carbocycles. The normalized spacial score (nSPS) is 13.4. The molecule has 0 unspecified atom stereocenters. The molecule has 2 amide bonds. The van der Waals surface area contributed by atoms with E-state index >= 15 is 0 Å². The van der Waals surface area contributed by atoms with E-state index in [0.717, 1.165) is 13.1 Å². The molecule has 0 spiro atoms. The summed E-state index contributed by atoms with van der Waals surface area (Å²) in [6.07, 6.45) is 0. The van der Waals surface area contributed by atoms with E-state index < -0.39 is 0 Å². The van der Waals surface area contributed by atoms with Gasteiger partial charge >= 0.3 is 11.7 Å². The smallest absolute Gasteiger partial charge is 0.343 e. The maximum atomic E-state index is 12.4. The molecule has 25 heavy (non-hydrogen) atoms. The lowest BCUT2D eigenvalue weighted by Crippen LogP contribution is -2.47. The van der Waals surface area contributed by atoms with E-state index in [1.54, 1.807) is 9.47 Å². The molecular weight excluding hydrogens is 320 g/mol. The van der Waals surface area contributed by atoms with Crippen LogP contribution in [0.15, 0.2) is 29.1 Å².